The van der Waals surface area contributed by atoms with Gasteiger partial charge in [0.1, 0.15) is 5.92 Å². The zero-order chi connectivity index (χ0) is 13.0. The van der Waals surface area contributed by atoms with Gasteiger partial charge < -0.3 is 0 Å². The van der Waals surface area contributed by atoms with E-state index in [-0.39, 0.29) is 12.3 Å². The number of amides is 4. The van der Waals surface area contributed by atoms with Crippen molar-refractivity contribution in [2.75, 3.05) is 18.1 Å². The quantitative estimate of drug-likeness (QED) is 0.697. The molecule has 2 atom stereocenters. The van der Waals surface area contributed by atoms with Gasteiger partial charge in [0.15, 0.2) is 0 Å². The van der Waals surface area contributed by atoms with Gasteiger partial charge in [0.25, 0.3) is 0 Å². The summed E-state index contributed by atoms with van der Waals surface area (Å²) >= 11 is 0. The second-order valence-corrected chi connectivity index (χ2v) is 5.54. The molecule has 1 rings (SSSR count). The van der Waals surface area contributed by atoms with Gasteiger partial charge in [-0.25, -0.2) is 4.79 Å². The zero-order valence-corrected chi connectivity index (χ0v) is 10.7. The van der Waals surface area contributed by atoms with Crippen LogP contribution in [0.15, 0.2) is 0 Å². The molecule has 4 amide bonds. The van der Waals surface area contributed by atoms with Crippen molar-refractivity contribution in [3.05, 3.63) is 0 Å². The fraction of sp³-hybridized carbons (Fsp3) is 0.700. The first kappa shape index (κ1) is 13.8. The maximum atomic E-state index is 11.8. The molecule has 0 aromatic rings. The van der Waals surface area contributed by atoms with Gasteiger partial charge in [-0.3, -0.25) is 24.0 Å². The Morgan fingerprint density at radius 3 is 2.47 bits per heavy atom. The van der Waals surface area contributed by atoms with E-state index in [0.717, 1.165) is 4.90 Å². The van der Waals surface area contributed by atoms with Gasteiger partial charge in [0, 0.05) is 28.9 Å². The molecule has 7 heteroatoms. The molecule has 1 N–H and O–H groups in total. The fourth-order valence-corrected chi connectivity index (χ4v) is 2.24. The highest BCUT2D eigenvalue weighted by Gasteiger charge is 2.38. The average Bonchev–Trinajstić information content (AvgIpc) is 2.28. The Balaban J connectivity index is 2.70. The van der Waals surface area contributed by atoms with E-state index in [1.165, 1.54) is 0 Å². The number of hydrogen-bond acceptors (Lipinski definition) is 4. The van der Waals surface area contributed by atoms with E-state index in [0.29, 0.717) is 12.2 Å². The Hall–Kier alpha value is -1.24. The van der Waals surface area contributed by atoms with Crippen molar-refractivity contribution in [3.63, 3.8) is 0 Å². The Morgan fingerprint density at radius 1 is 1.29 bits per heavy atom. The summed E-state index contributed by atoms with van der Waals surface area (Å²) in [5.74, 6) is -1.10. The summed E-state index contributed by atoms with van der Waals surface area (Å²) in [7, 11) is -1.04. The number of nitrogens with zero attached hydrogens (tertiary/aromatic N) is 1. The summed E-state index contributed by atoms with van der Waals surface area (Å²) in [6.07, 6.45) is 0.352. The largest absolute Gasteiger partial charge is 0.330 e. The van der Waals surface area contributed by atoms with Crippen LogP contribution in [0.25, 0.3) is 0 Å². The van der Waals surface area contributed by atoms with Crippen molar-refractivity contribution in [2.45, 2.75) is 20.3 Å². The van der Waals surface area contributed by atoms with Crippen LogP contribution in [0.5, 0.6) is 0 Å². The van der Waals surface area contributed by atoms with Crippen molar-refractivity contribution in [1.82, 2.24) is 10.2 Å². The summed E-state index contributed by atoms with van der Waals surface area (Å²) < 4.78 is 11.3. The molecule has 0 saturated carbocycles. The second-order valence-electron chi connectivity index (χ2n) is 3.68. The number of nitrogens with one attached hydrogen (secondary N) is 1. The van der Waals surface area contributed by atoms with E-state index in [1.54, 1.807) is 13.8 Å². The van der Waals surface area contributed by atoms with Gasteiger partial charge in [-0.05, 0) is 6.42 Å². The summed E-state index contributed by atoms with van der Waals surface area (Å²) in [6, 6.07) is -0.710. The molecule has 6 nitrogen and oxygen atoms in total. The molecule has 1 heterocycles. The molecule has 1 saturated heterocycles. The molecule has 0 radical (unpaired) electrons. The van der Waals surface area contributed by atoms with Crippen LogP contribution in [0.1, 0.15) is 20.3 Å². The van der Waals surface area contributed by atoms with Gasteiger partial charge in [-0.1, -0.05) is 13.8 Å². The monoisotopic (exact) mass is 260 g/mol. The fourth-order valence-electron chi connectivity index (χ4n) is 1.57. The molecule has 1 fully saturated rings. The minimum atomic E-state index is -1.04. The normalized spacial score (nSPS) is 22.6. The van der Waals surface area contributed by atoms with Gasteiger partial charge in [-0.15, -0.1) is 0 Å². The Morgan fingerprint density at radius 2 is 1.94 bits per heavy atom. The third-order valence-electron chi connectivity index (χ3n) is 2.63. The number of carbonyl (C=O) groups excluding carboxylic acids is 3. The summed E-state index contributed by atoms with van der Waals surface area (Å²) in [5, 5.41) is 2.13. The number of urea groups is 1. The van der Waals surface area contributed by atoms with Gasteiger partial charge in [-0.2, -0.15) is 0 Å². The molecule has 0 spiro atoms. The van der Waals surface area contributed by atoms with Gasteiger partial charge >= 0.3 is 6.03 Å². The average molecular weight is 260 g/mol. The first-order valence-electron chi connectivity index (χ1n) is 5.52. The van der Waals surface area contributed by atoms with Crippen LogP contribution in [-0.4, -0.2) is 45.0 Å². The molecule has 96 valence electrons. The van der Waals surface area contributed by atoms with Crippen LogP contribution in [0.2, 0.25) is 0 Å². The first-order valence-corrected chi connectivity index (χ1v) is 7.01. The SMILES string of the molecule is CCC1C(=O)NC(=O)N(CCS(=O)CC)C1=O. The molecule has 1 aliphatic heterocycles. The van der Waals surface area contributed by atoms with Gasteiger partial charge in [0.05, 0.1) is 0 Å². The third kappa shape index (κ3) is 3.12. The molecule has 1 aliphatic rings. The predicted octanol–water partition coefficient (Wildman–Crippen LogP) is -0.140. The van der Waals surface area contributed by atoms with E-state index < -0.39 is 34.6 Å². The Bertz CT molecular complexity index is 369. The van der Waals surface area contributed by atoms with Crippen molar-refractivity contribution >= 4 is 28.6 Å². The highest BCUT2D eigenvalue weighted by molar-refractivity contribution is 7.84. The van der Waals surface area contributed by atoms with Crippen molar-refractivity contribution in [2.24, 2.45) is 5.92 Å². The summed E-state index contributed by atoms with van der Waals surface area (Å²) in [5.41, 5.74) is 0. The van der Waals surface area contributed by atoms with E-state index in [9.17, 15) is 18.6 Å². The zero-order valence-electron chi connectivity index (χ0n) is 9.89. The molecular weight excluding hydrogens is 244 g/mol. The van der Waals surface area contributed by atoms with Crippen LogP contribution >= 0.6 is 0 Å². The van der Waals surface area contributed by atoms with E-state index in [1.807, 2.05) is 0 Å². The lowest BCUT2D eigenvalue weighted by Crippen LogP contribution is -2.58. The van der Waals surface area contributed by atoms with Crippen molar-refractivity contribution in [1.29, 1.82) is 0 Å². The number of rotatable bonds is 5. The molecule has 0 bridgehead atoms. The number of barbiturate groups is 1. The summed E-state index contributed by atoms with van der Waals surface area (Å²) in [6.45, 7) is 3.57. The molecule has 0 aromatic heterocycles. The maximum absolute atomic E-state index is 11.8. The molecular formula is C10H16N2O4S. The highest BCUT2D eigenvalue weighted by Crippen LogP contribution is 2.13. The van der Waals surface area contributed by atoms with Crippen LogP contribution in [-0.2, 0) is 20.4 Å². The maximum Gasteiger partial charge on any atom is 0.330 e. The van der Waals surface area contributed by atoms with Crippen molar-refractivity contribution in [3.8, 4) is 0 Å². The highest BCUT2D eigenvalue weighted by atomic mass is 32.2. The summed E-state index contributed by atoms with van der Waals surface area (Å²) in [4.78, 5) is 35.6. The molecule has 0 aliphatic carbocycles. The lowest BCUT2D eigenvalue weighted by atomic mass is 10.0. The van der Waals surface area contributed by atoms with E-state index in [4.69, 9.17) is 0 Å². The number of carbonyl (C=O) groups is 3. The molecule has 17 heavy (non-hydrogen) atoms. The van der Waals surface area contributed by atoms with Crippen LogP contribution < -0.4 is 5.32 Å². The van der Waals surface area contributed by atoms with Crippen LogP contribution in [0.3, 0.4) is 0 Å². The van der Waals surface area contributed by atoms with Gasteiger partial charge in [0.2, 0.25) is 11.8 Å². The van der Waals surface area contributed by atoms with E-state index >= 15 is 0 Å². The second kappa shape index (κ2) is 5.90. The van der Waals surface area contributed by atoms with Crippen LogP contribution in [0, 0.1) is 5.92 Å². The number of hydrogen-bond donors (Lipinski definition) is 1. The van der Waals surface area contributed by atoms with Crippen molar-refractivity contribution < 1.29 is 18.6 Å². The molecule has 2 unspecified atom stereocenters. The molecule has 0 aromatic carbocycles. The topological polar surface area (TPSA) is 83.6 Å². The van der Waals surface area contributed by atoms with E-state index in [2.05, 4.69) is 5.32 Å². The minimum absolute atomic E-state index is 0.0922. The first-order chi connectivity index (χ1) is 8.01. The lowest BCUT2D eigenvalue weighted by Gasteiger charge is -2.29. The third-order valence-corrected chi connectivity index (χ3v) is 3.91. The predicted molar refractivity (Wildman–Crippen MR) is 62.6 cm³/mol. The Kier molecular flexibility index (Phi) is 4.80. The number of imide groups is 2. The van der Waals surface area contributed by atoms with Crippen LogP contribution in [0.4, 0.5) is 4.79 Å². The minimum Gasteiger partial charge on any atom is -0.277 e. The Labute approximate surface area is 102 Å². The standard InChI is InChI=1S/C10H16N2O4S/c1-3-7-8(13)11-10(15)12(9(7)14)5-6-17(16)4-2/h7H,3-6H2,1-2H3,(H,11,13,15). The lowest BCUT2D eigenvalue weighted by molar-refractivity contribution is -0.142. The smallest absolute Gasteiger partial charge is 0.277 e.